The minimum atomic E-state index is -0.195. The third-order valence-corrected chi connectivity index (χ3v) is 3.14. The molecule has 0 aliphatic heterocycles. The number of rotatable bonds is 2. The first-order valence-corrected chi connectivity index (χ1v) is 5.90. The lowest BCUT2D eigenvalue weighted by Gasteiger charge is -2.10. The van der Waals surface area contributed by atoms with Crippen LogP contribution in [0.4, 0.5) is 10.1 Å². The molecule has 18 heavy (non-hydrogen) atoms. The molecule has 1 nitrogen and oxygen atoms in total. The Bertz CT molecular complexity index is 614. The van der Waals surface area contributed by atoms with Gasteiger partial charge in [0.15, 0.2) is 0 Å². The van der Waals surface area contributed by atoms with Crippen molar-refractivity contribution in [3.8, 4) is 11.1 Å². The van der Waals surface area contributed by atoms with Crippen LogP contribution in [0, 0.1) is 19.7 Å². The third kappa shape index (κ3) is 2.33. The highest BCUT2D eigenvalue weighted by Crippen LogP contribution is 2.30. The summed E-state index contributed by atoms with van der Waals surface area (Å²) in [7, 11) is 1.91. The first-order chi connectivity index (χ1) is 8.49. The van der Waals surface area contributed by atoms with Crippen molar-refractivity contribution in [2.45, 2.75) is 13.8 Å². The largest absolute Gasteiger partial charge is 0.208 e. The van der Waals surface area contributed by atoms with Crippen LogP contribution < -0.4 is 0 Å². The van der Waals surface area contributed by atoms with Crippen LogP contribution in [0.25, 0.3) is 11.1 Å². The van der Waals surface area contributed by atoms with Gasteiger partial charge >= 0.3 is 0 Å². The van der Waals surface area contributed by atoms with Crippen molar-refractivity contribution in [1.82, 2.24) is 0 Å². The van der Waals surface area contributed by atoms with Crippen molar-refractivity contribution in [1.29, 1.82) is 0 Å². The zero-order valence-corrected chi connectivity index (χ0v) is 11.0. The van der Waals surface area contributed by atoms with Crippen LogP contribution in [0.2, 0.25) is 0 Å². The molecule has 0 unspecified atom stereocenters. The second kappa shape index (κ2) is 4.73. The maximum atomic E-state index is 13.2. The van der Waals surface area contributed by atoms with Crippen molar-refractivity contribution >= 4 is 12.4 Å². The number of halogens is 1. The minimum absolute atomic E-state index is 0.195. The van der Waals surface area contributed by atoms with E-state index in [1.807, 2.05) is 30.7 Å². The molecule has 0 atom stereocenters. The maximum absolute atomic E-state index is 13.2. The van der Waals surface area contributed by atoms with Crippen LogP contribution in [0.1, 0.15) is 11.1 Å². The summed E-state index contributed by atoms with van der Waals surface area (Å²) in [5.41, 5.74) is 5.36. The lowest BCUT2D eigenvalue weighted by Crippen LogP contribution is -1.95. The van der Waals surface area contributed by atoms with Gasteiger partial charge in [0.05, 0.1) is 0 Å². The molecule has 0 spiro atoms. The molecule has 0 N–H and O–H groups in total. The highest BCUT2D eigenvalue weighted by molar-refractivity contribution is 5.72. The minimum Gasteiger partial charge on any atom is -0.208 e. The Morgan fingerprint density at radius 1 is 0.944 bits per heavy atom. The Labute approximate surface area is 107 Å². The summed E-state index contributed by atoms with van der Waals surface area (Å²) in [4.78, 5) is 0. The second-order valence-corrected chi connectivity index (χ2v) is 4.66. The molecular weight excluding hydrogens is 225 g/mol. The van der Waals surface area contributed by atoms with Gasteiger partial charge in [0.25, 0.3) is 0 Å². The van der Waals surface area contributed by atoms with E-state index in [1.54, 1.807) is 6.07 Å². The number of benzene rings is 2. The van der Waals surface area contributed by atoms with Gasteiger partial charge in [-0.15, -0.1) is 0 Å². The number of hydrogen-bond acceptors (Lipinski definition) is 0. The number of aryl methyl sites for hydroxylation is 2. The van der Waals surface area contributed by atoms with Crippen LogP contribution in [0.15, 0.2) is 36.4 Å². The molecule has 2 aromatic carbocycles. The quantitative estimate of drug-likeness (QED) is 0.551. The summed E-state index contributed by atoms with van der Waals surface area (Å²) in [5.74, 6) is -0.195. The van der Waals surface area contributed by atoms with E-state index < -0.39 is 0 Å². The molecule has 0 heterocycles. The van der Waals surface area contributed by atoms with Crippen LogP contribution in [0.5, 0.6) is 0 Å². The smallest absolute Gasteiger partial charge is 0.205 e. The average Bonchev–Trinajstić information content (AvgIpc) is 2.30. The molecule has 0 aliphatic carbocycles. The molecule has 92 valence electrons. The normalized spacial score (nSPS) is 10.4. The maximum Gasteiger partial charge on any atom is 0.205 e. The van der Waals surface area contributed by atoms with Gasteiger partial charge in [-0.2, -0.15) is 0 Å². The molecule has 0 bridgehead atoms. The zero-order valence-electron chi connectivity index (χ0n) is 11.0. The van der Waals surface area contributed by atoms with E-state index in [1.165, 1.54) is 11.6 Å². The lowest BCUT2D eigenvalue weighted by atomic mass is 9.96. The van der Waals surface area contributed by atoms with Gasteiger partial charge in [0.2, 0.25) is 5.69 Å². The highest BCUT2D eigenvalue weighted by atomic mass is 19.1. The van der Waals surface area contributed by atoms with Gasteiger partial charge in [-0.05, 0) is 48.2 Å². The molecule has 0 radical (unpaired) electrons. The summed E-state index contributed by atoms with van der Waals surface area (Å²) < 4.78 is 15.0. The summed E-state index contributed by atoms with van der Waals surface area (Å²) >= 11 is 0. The summed E-state index contributed by atoms with van der Waals surface area (Å²) in [6, 6.07) is 11.1. The van der Waals surface area contributed by atoms with Gasteiger partial charge in [-0.1, -0.05) is 12.1 Å². The fourth-order valence-corrected chi connectivity index (χ4v) is 2.07. The molecule has 0 fully saturated rings. The van der Waals surface area contributed by atoms with Gasteiger partial charge in [0, 0.05) is 12.1 Å². The van der Waals surface area contributed by atoms with E-state index in [4.69, 9.17) is 0 Å². The van der Waals surface area contributed by atoms with E-state index in [-0.39, 0.29) is 5.82 Å². The van der Waals surface area contributed by atoms with Crippen LogP contribution >= 0.6 is 0 Å². The zero-order chi connectivity index (χ0) is 13.3. The number of nitrogens with zero attached hydrogens (tertiary/aromatic N) is 1. The molecular formula is C16H17FN+. The third-order valence-electron chi connectivity index (χ3n) is 3.14. The highest BCUT2D eigenvalue weighted by Gasteiger charge is 2.10. The van der Waals surface area contributed by atoms with Gasteiger partial charge in [0.1, 0.15) is 19.6 Å². The van der Waals surface area contributed by atoms with Crippen LogP contribution in [0.3, 0.4) is 0 Å². The Balaban J connectivity index is 2.62. The Morgan fingerprint density at radius 2 is 1.67 bits per heavy atom. The van der Waals surface area contributed by atoms with Crippen molar-refractivity contribution in [3.63, 3.8) is 0 Å². The van der Waals surface area contributed by atoms with E-state index >= 15 is 0 Å². The Hall–Kier alpha value is -1.96. The first kappa shape index (κ1) is 12.5. The SMILES string of the molecule is C=[N+](C)c1ccc(C)c(-c2ccc(F)cc2C)c1. The molecule has 0 amide bonds. The molecule has 2 rings (SSSR count). The van der Waals surface area contributed by atoms with Gasteiger partial charge < -0.3 is 0 Å². The predicted molar refractivity (Wildman–Crippen MR) is 74.3 cm³/mol. The molecule has 0 aromatic heterocycles. The van der Waals surface area contributed by atoms with Crippen molar-refractivity contribution in [2.24, 2.45) is 0 Å². The lowest BCUT2D eigenvalue weighted by molar-refractivity contribution is -0.394. The molecule has 2 aromatic rings. The van der Waals surface area contributed by atoms with Crippen LogP contribution in [-0.2, 0) is 0 Å². The van der Waals surface area contributed by atoms with Crippen molar-refractivity contribution in [2.75, 3.05) is 7.05 Å². The molecule has 0 saturated carbocycles. The monoisotopic (exact) mass is 242 g/mol. The van der Waals surface area contributed by atoms with Crippen molar-refractivity contribution < 1.29 is 8.97 Å². The van der Waals surface area contributed by atoms with E-state index in [9.17, 15) is 4.39 Å². The van der Waals surface area contributed by atoms with E-state index in [2.05, 4.69) is 25.8 Å². The standard InChI is InChI=1S/C16H17FN/c1-11-5-7-14(18(3)4)10-16(11)15-8-6-13(17)9-12(15)2/h5-10H,3H2,1-2,4H3/q+1. The summed E-state index contributed by atoms with van der Waals surface area (Å²) in [5, 5.41) is 0. The fourth-order valence-electron chi connectivity index (χ4n) is 2.07. The fraction of sp³-hybridized carbons (Fsp3) is 0.188. The summed E-state index contributed by atoms with van der Waals surface area (Å²) in [6.45, 7) is 7.87. The average molecular weight is 242 g/mol. The van der Waals surface area contributed by atoms with Crippen molar-refractivity contribution in [3.05, 3.63) is 53.3 Å². The van der Waals surface area contributed by atoms with Crippen LogP contribution in [-0.4, -0.2) is 18.3 Å². The Kier molecular flexibility index (Phi) is 3.28. The van der Waals surface area contributed by atoms with Gasteiger partial charge in [-0.25, -0.2) is 8.97 Å². The predicted octanol–water partition coefficient (Wildman–Crippen LogP) is 4.08. The Morgan fingerprint density at radius 3 is 2.28 bits per heavy atom. The topological polar surface area (TPSA) is 3.01 Å². The first-order valence-electron chi connectivity index (χ1n) is 5.90. The molecule has 0 saturated heterocycles. The van der Waals surface area contributed by atoms with E-state index in [0.717, 1.165) is 22.4 Å². The van der Waals surface area contributed by atoms with Gasteiger partial charge in [-0.3, -0.25) is 0 Å². The number of hydrogen-bond donors (Lipinski definition) is 0. The molecule has 2 heteroatoms. The molecule has 0 aliphatic rings. The summed E-state index contributed by atoms with van der Waals surface area (Å²) in [6.07, 6.45) is 0. The second-order valence-electron chi connectivity index (χ2n) is 4.66. The van der Waals surface area contributed by atoms with E-state index in [0.29, 0.717) is 0 Å².